The first-order valence-electron chi connectivity index (χ1n) is 6.68. The van der Waals surface area contributed by atoms with E-state index in [1.165, 1.54) is 12.1 Å². The van der Waals surface area contributed by atoms with E-state index in [4.69, 9.17) is 4.74 Å². The zero-order chi connectivity index (χ0) is 15.3. The van der Waals surface area contributed by atoms with Crippen molar-refractivity contribution < 1.29 is 18.6 Å². The Kier molecular flexibility index (Phi) is 5.74. The molecule has 0 heterocycles. The van der Waals surface area contributed by atoms with E-state index in [0.29, 0.717) is 10.8 Å². The average molecular weight is 282 g/mol. The standard InChI is InChI=1S/C14H14F2O2.C2H6/c1-8(2)11-6-10(17)5-9-3-4-12(16)14(13(9)11)18-7-15;1-2/h3-6,8,17H,7H2,1-2H3;1-2H3. The van der Waals surface area contributed by atoms with Crippen molar-refractivity contribution in [3.63, 3.8) is 0 Å². The molecule has 0 atom stereocenters. The second-order valence-corrected chi connectivity index (χ2v) is 4.42. The van der Waals surface area contributed by atoms with E-state index in [-0.39, 0.29) is 17.4 Å². The number of aromatic hydroxyl groups is 1. The van der Waals surface area contributed by atoms with Crippen LogP contribution in [0.5, 0.6) is 11.5 Å². The highest BCUT2D eigenvalue weighted by atomic mass is 19.1. The summed E-state index contributed by atoms with van der Waals surface area (Å²) in [7, 11) is 0. The number of fused-ring (bicyclic) bond motifs is 1. The van der Waals surface area contributed by atoms with E-state index in [9.17, 15) is 13.9 Å². The number of hydrogen-bond donors (Lipinski definition) is 1. The highest BCUT2D eigenvalue weighted by Crippen LogP contribution is 2.37. The van der Waals surface area contributed by atoms with E-state index in [1.54, 1.807) is 12.1 Å². The smallest absolute Gasteiger partial charge is 0.228 e. The van der Waals surface area contributed by atoms with Crippen molar-refractivity contribution in [2.45, 2.75) is 33.6 Å². The van der Waals surface area contributed by atoms with Gasteiger partial charge >= 0.3 is 0 Å². The maximum atomic E-state index is 13.7. The number of rotatable bonds is 3. The molecule has 20 heavy (non-hydrogen) atoms. The van der Waals surface area contributed by atoms with Crippen LogP contribution >= 0.6 is 0 Å². The third-order valence-corrected chi connectivity index (χ3v) is 2.86. The Balaban J connectivity index is 0.000000956. The Morgan fingerprint density at radius 3 is 2.40 bits per heavy atom. The van der Waals surface area contributed by atoms with Gasteiger partial charge in [-0.05, 0) is 35.1 Å². The number of hydrogen-bond acceptors (Lipinski definition) is 2. The molecule has 0 fully saturated rings. The minimum atomic E-state index is -1.09. The van der Waals surface area contributed by atoms with Crippen LogP contribution in [0.15, 0.2) is 24.3 Å². The molecular weight excluding hydrogens is 262 g/mol. The molecule has 0 aliphatic carbocycles. The largest absolute Gasteiger partial charge is 0.508 e. The molecule has 0 amide bonds. The average Bonchev–Trinajstić information content (AvgIpc) is 2.43. The monoisotopic (exact) mass is 282 g/mol. The first-order valence-corrected chi connectivity index (χ1v) is 6.68. The fraction of sp³-hybridized carbons (Fsp3) is 0.375. The van der Waals surface area contributed by atoms with Crippen LogP contribution < -0.4 is 4.74 Å². The summed E-state index contributed by atoms with van der Waals surface area (Å²) in [6, 6.07) is 5.81. The number of alkyl halides is 1. The van der Waals surface area contributed by atoms with Crippen molar-refractivity contribution >= 4 is 10.8 Å². The molecule has 2 rings (SSSR count). The van der Waals surface area contributed by atoms with E-state index in [1.807, 2.05) is 27.7 Å². The van der Waals surface area contributed by atoms with Crippen molar-refractivity contribution in [3.05, 3.63) is 35.6 Å². The summed E-state index contributed by atoms with van der Waals surface area (Å²) < 4.78 is 30.8. The lowest BCUT2D eigenvalue weighted by Crippen LogP contribution is -1.98. The predicted molar refractivity (Wildman–Crippen MR) is 77.6 cm³/mol. The third-order valence-electron chi connectivity index (χ3n) is 2.86. The minimum Gasteiger partial charge on any atom is -0.508 e. The van der Waals surface area contributed by atoms with E-state index >= 15 is 0 Å². The van der Waals surface area contributed by atoms with Gasteiger partial charge in [0.15, 0.2) is 11.6 Å². The first kappa shape index (κ1) is 16.2. The Morgan fingerprint density at radius 2 is 1.85 bits per heavy atom. The molecule has 0 unspecified atom stereocenters. The van der Waals surface area contributed by atoms with E-state index in [0.717, 1.165) is 5.56 Å². The van der Waals surface area contributed by atoms with Crippen LogP contribution in [0.4, 0.5) is 8.78 Å². The van der Waals surface area contributed by atoms with Gasteiger partial charge in [0.05, 0.1) is 0 Å². The molecule has 2 aromatic carbocycles. The summed E-state index contributed by atoms with van der Waals surface area (Å²) in [6.07, 6.45) is 0. The second-order valence-electron chi connectivity index (χ2n) is 4.42. The molecule has 0 spiro atoms. The van der Waals surface area contributed by atoms with Crippen molar-refractivity contribution in [2.24, 2.45) is 0 Å². The summed E-state index contributed by atoms with van der Waals surface area (Å²) in [5, 5.41) is 10.8. The van der Waals surface area contributed by atoms with Crippen LogP contribution in [-0.4, -0.2) is 12.0 Å². The molecule has 110 valence electrons. The Labute approximate surface area is 118 Å². The molecule has 0 bridgehead atoms. The van der Waals surface area contributed by atoms with Gasteiger partial charge in [0, 0.05) is 5.39 Å². The highest BCUT2D eigenvalue weighted by Gasteiger charge is 2.16. The van der Waals surface area contributed by atoms with Gasteiger partial charge in [-0.15, -0.1) is 0 Å². The van der Waals surface area contributed by atoms with Gasteiger partial charge < -0.3 is 9.84 Å². The molecule has 1 N–H and O–H groups in total. The van der Waals surface area contributed by atoms with Gasteiger partial charge in [-0.1, -0.05) is 33.8 Å². The normalized spacial score (nSPS) is 10.3. The minimum absolute atomic E-state index is 0.0587. The van der Waals surface area contributed by atoms with Gasteiger partial charge in [-0.25, -0.2) is 8.78 Å². The molecule has 0 saturated heterocycles. The SMILES string of the molecule is CC.CC(C)c1cc(O)cc2ccc(F)c(OCF)c12. The van der Waals surface area contributed by atoms with Crippen LogP contribution in [0.2, 0.25) is 0 Å². The lowest BCUT2D eigenvalue weighted by atomic mass is 9.95. The second kappa shape index (κ2) is 7.08. The third kappa shape index (κ3) is 3.18. The lowest BCUT2D eigenvalue weighted by molar-refractivity contribution is 0.186. The Morgan fingerprint density at radius 1 is 1.20 bits per heavy atom. The van der Waals surface area contributed by atoms with Gasteiger partial charge in [0.1, 0.15) is 5.75 Å². The predicted octanol–water partition coefficient (Wildman–Crippen LogP) is 5.14. The maximum absolute atomic E-state index is 13.7. The zero-order valence-corrected chi connectivity index (χ0v) is 12.2. The maximum Gasteiger partial charge on any atom is 0.228 e. The molecule has 4 heteroatoms. The Bertz CT molecular complexity index is 580. The molecule has 0 aromatic heterocycles. The van der Waals surface area contributed by atoms with E-state index < -0.39 is 12.7 Å². The topological polar surface area (TPSA) is 29.5 Å². The summed E-state index contributed by atoms with van der Waals surface area (Å²) in [5.74, 6) is -0.543. The number of phenolic OH excluding ortho intramolecular Hbond substituents is 1. The summed E-state index contributed by atoms with van der Waals surface area (Å²) in [6.45, 7) is 6.74. The van der Waals surface area contributed by atoms with Crippen LogP contribution in [-0.2, 0) is 0 Å². The van der Waals surface area contributed by atoms with Gasteiger partial charge in [-0.2, -0.15) is 0 Å². The first-order chi connectivity index (χ1) is 9.54. The van der Waals surface area contributed by atoms with Crippen LogP contribution in [0.3, 0.4) is 0 Å². The molecule has 0 radical (unpaired) electrons. The van der Waals surface area contributed by atoms with Crippen LogP contribution in [0, 0.1) is 5.82 Å². The molecule has 0 aliphatic rings. The van der Waals surface area contributed by atoms with Crippen molar-refractivity contribution in [1.82, 2.24) is 0 Å². The number of ether oxygens (including phenoxy) is 1. The fourth-order valence-electron chi connectivity index (χ4n) is 2.07. The molecule has 0 aliphatic heterocycles. The molecule has 2 aromatic rings. The fourth-order valence-corrected chi connectivity index (χ4v) is 2.07. The quantitative estimate of drug-likeness (QED) is 0.844. The number of phenols is 1. The number of benzene rings is 2. The van der Waals surface area contributed by atoms with Gasteiger partial charge in [0.2, 0.25) is 6.86 Å². The molecular formula is C16H20F2O2. The van der Waals surface area contributed by atoms with Crippen LogP contribution in [0.25, 0.3) is 10.8 Å². The van der Waals surface area contributed by atoms with Crippen LogP contribution in [0.1, 0.15) is 39.2 Å². The zero-order valence-electron chi connectivity index (χ0n) is 12.2. The van der Waals surface area contributed by atoms with Gasteiger partial charge in [0.25, 0.3) is 0 Å². The summed E-state index contributed by atoms with van der Waals surface area (Å²) >= 11 is 0. The van der Waals surface area contributed by atoms with E-state index in [2.05, 4.69) is 0 Å². The summed E-state index contributed by atoms with van der Waals surface area (Å²) in [4.78, 5) is 0. The summed E-state index contributed by atoms with van der Waals surface area (Å²) in [5.41, 5.74) is 0.730. The van der Waals surface area contributed by atoms with Crippen molar-refractivity contribution in [1.29, 1.82) is 0 Å². The number of halogens is 2. The molecule has 2 nitrogen and oxygen atoms in total. The van der Waals surface area contributed by atoms with Crippen molar-refractivity contribution in [2.75, 3.05) is 6.86 Å². The lowest BCUT2D eigenvalue weighted by Gasteiger charge is -2.15. The van der Waals surface area contributed by atoms with Gasteiger partial charge in [-0.3, -0.25) is 0 Å². The highest BCUT2D eigenvalue weighted by molar-refractivity contribution is 5.93. The molecule has 0 saturated carbocycles. The Hall–Kier alpha value is -1.84. The van der Waals surface area contributed by atoms with Crippen molar-refractivity contribution in [3.8, 4) is 11.5 Å².